The molecule has 0 heterocycles. The molecule has 23 heavy (non-hydrogen) atoms. The molecule has 1 atom stereocenters. The molecule has 1 aliphatic rings. The summed E-state index contributed by atoms with van der Waals surface area (Å²) in [5, 5.41) is 3.20. The van der Waals surface area contributed by atoms with Gasteiger partial charge in [-0.15, -0.1) is 11.8 Å². The molecule has 1 saturated carbocycles. The van der Waals surface area contributed by atoms with E-state index in [0.29, 0.717) is 11.7 Å². The summed E-state index contributed by atoms with van der Waals surface area (Å²) in [6.45, 7) is 0. The number of carbonyl (C=O) groups is 1. The molecule has 2 aromatic carbocycles. The van der Waals surface area contributed by atoms with Crippen molar-refractivity contribution >= 4 is 17.7 Å². The van der Waals surface area contributed by atoms with Crippen molar-refractivity contribution in [1.82, 2.24) is 5.32 Å². The summed E-state index contributed by atoms with van der Waals surface area (Å²) < 4.78 is 5.21. The molecule has 0 radical (unpaired) electrons. The van der Waals surface area contributed by atoms with Crippen molar-refractivity contribution in [2.45, 2.75) is 23.8 Å². The van der Waals surface area contributed by atoms with E-state index >= 15 is 0 Å². The number of methoxy groups -OCH3 is 1. The minimum atomic E-state index is 0.0820. The van der Waals surface area contributed by atoms with Crippen LogP contribution in [-0.4, -0.2) is 18.8 Å². The lowest BCUT2D eigenvalue weighted by Gasteiger charge is -2.18. The van der Waals surface area contributed by atoms with Gasteiger partial charge in [0.25, 0.3) is 0 Å². The number of hydrogen-bond donors (Lipinski definition) is 1. The van der Waals surface area contributed by atoms with Gasteiger partial charge in [-0.25, -0.2) is 0 Å². The Balaban J connectivity index is 1.57. The van der Waals surface area contributed by atoms with Gasteiger partial charge < -0.3 is 10.1 Å². The van der Waals surface area contributed by atoms with Crippen LogP contribution in [0.5, 0.6) is 5.75 Å². The van der Waals surface area contributed by atoms with Crippen molar-refractivity contribution in [1.29, 1.82) is 0 Å². The zero-order chi connectivity index (χ0) is 16.1. The SMILES string of the molecule is COc1cccc(SCC(=O)NC(c2ccccc2)C2CC2)c1. The van der Waals surface area contributed by atoms with Crippen LogP contribution in [0.2, 0.25) is 0 Å². The molecule has 0 aromatic heterocycles. The minimum Gasteiger partial charge on any atom is -0.497 e. The van der Waals surface area contributed by atoms with Crippen molar-refractivity contribution in [2.75, 3.05) is 12.9 Å². The molecular formula is C19H21NO2S. The molecule has 4 heteroatoms. The fourth-order valence-electron chi connectivity index (χ4n) is 2.62. The first-order valence-electron chi connectivity index (χ1n) is 7.87. The van der Waals surface area contributed by atoms with E-state index in [-0.39, 0.29) is 11.9 Å². The van der Waals surface area contributed by atoms with Crippen molar-refractivity contribution in [3.05, 3.63) is 60.2 Å². The Morgan fingerprint density at radius 2 is 2.00 bits per heavy atom. The summed E-state index contributed by atoms with van der Waals surface area (Å²) >= 11 is 1.54. The smallest absolute Gasteiger partial charge is 0.230 e. The van der Waals surface area contributed by atoms with E-state index in [1.54, 1.807) is 7.11 Å². The van der Waals surface area contributed by atoms with Gasteiger partial charge >= 0.3 is 0 Å². The third-order valence-electron chi connectivity index (χ3n) is 3.98. The van der Waals surface area contributed by atoms with E-state index in [9.17, 15) is 4.79 Å². The number of carbonyl (C=O) groups excluding carboxylic acids is 1. The Hall–Kier alpha value is -1.94. The first-order chi connectivity index (χ1) is 11.3. The quantitative estimate of drug-likeness (QED) is 0.780. The Morgan fingerprint density at radius 3 is 2.70 bits per heavy atom. The van der Waals surface area contributed by atoms with Crippen molar-refractivity contribution < 1.29 is 9.53 Å². The van der Waals surface area contributed by atoms with Crippen LogP contribution < -0.4 is 10.1 Å². The first-order valence-corrected chi connectivity index (χ1v) is 8.86. The largest absolute Gasteiger partial charge is 0.497 e. The normalized spacial score (nSPS) is 15.0. The monoisotopic (exact) mass is 327 g/mol. The van der Waals surface area contributed by atoms with E-state index in [2.05, 4.69) is 17.4 Å². The van der Waals surface area contributed by atoms with Gasteiger partial charge in [0.1, 0.15) is 5.75 Å². The van der Waals surface area contributed by atoms with Crippen molar-refractivity contribution in [3.63, 3.8) is 0 Å². The molecule has 120 valence electrons. The average molecular weight is 327 g/mol. The van der Waals surface area contributed by atoms with Gasteiger partial charge in [-0.2, -0.15) is 0 Å². The van der Waals surface area contributed by atoms with Crippen LogP contribution in [0.15, 0.2) is 59.5 Å². The summed E-state index contributed by atoms with van der Waals surface area (Å²) in [6, 6.07) is 18.2. The molecule has 3 rings (SSSR count). The summed E-state index contributed by atoms with van der Waals surface area (Å²) in [4.78, 5) is 13.4. The number of rotatable bonds is 7. The molecule has 1 aliphatic carbocycles. The maximum Gasteiger partial charge on any atom is 0.230 e. The molecule has 1 N–H and O–H groups in total. The van der Waals surface area contributed by atoms with E-state index < -0.39 is 0 Å². The minimum absolute atomic E-state index is 0.0820. The lowest BCUT2D eigenvalue weighted by molar-refractivity contribution is -0.119. The van der Waals surface area contributed by atoms with Crippen LogP contribution >= 0.6 is 11.8 Å². The number of benzene rings is 2. The summed E-state index contributed by atoms with van der Waals surface area (Å²) in [5.74, 6) is 1.90. The maximum atomic E-state index is 12.3. The van der Waals surface area contributed by atoms with Crippen molar-refractivity contribution in [2.24, 2.45) is 5.92 Å². The van der Waals surface area contributed by atoms with Crippen LogP contribution in [0.25, 0.3) is 0 Å². The van der Waals surface area contributed by atoms with E-state index in [4.69, 9.17) is 4.74 Å². The lowest BCUT2D eigenvalue weighted by Crippen LogP contribution is -2.31. The van der Waals surface area contributed by atoms with Gasteiger partial charge in [0.2, 0.25) is 5.91 Å². The predicted molar refractivity (Wildman–Crippen MR) is 93.8 cm³/mol. The van der Waals surface area contributed by atoms with E-state index in [1.807, 2.05) is 42.5 Å². The van der Waals surface area contributed by atoms with Crippen molar-refractivity contribution in [3.8, 4) is 5.75 Å². The molecule has 2 aromatic rings. The number of nitrogens with one attached hydrogen (secondary N) is 1. The Labute approximate surface area is 141 Å². The highest BCUT2D eigenvalue weighted by molar-refractivity contribution is 8.00. The van der Waals surface area contributed by atoms with Gasteiger partial charge in [-0.05, 0) is 42.5 Å². The molecular weight excluding hydrogens is 306 g/mol. The second kappa shape index (κ2) is 7.55. The highest BCUT2D eigenvalue weighted by Crippen LogP contribution is 2.41. The summed E-state index contributed by atoms with van der Waals surface area (Å²) in [5.41, 5.74) is 1.20. The summed E-state index contributed by atoms with van der Waals surface area (Å²) in [6.07, 6.45) is 2.39. The van der Waals surface area contributed by atoms with Crippen LogP contribution in [0.3, 0.4) is 0 Å². The third kappa shape index (κ3) is 4.52. The van der Waals surface area contributed by atoms with E-state index in [0.717, 1.165) is 10.6 Å². The van der Waals surface area contributed by atoms with Crippen LogP contribution in [-0.2, 0) is 4.79 Å². The van der Waals surface area contributed by atoms with E-state index in [1.165, 1.54) is 30.2 Å². The maximum absolute atomic E-state index is 12.3. The molecule has 0 saturated heterocycles. The topological polar surface area (TPSA) is 38.3 Å². The van der Waals surface area contributed by atoms with Gasteiger partial charge in [0.05, 0.1) is 18.9 Å². The number of ether oxygens (including phenoxy) is 1. The first kappa shape index (κ1) is 15.9. The highest BCUT2D eigenvalue weighted by Gasteiger charge is 2.33. The number of hydrogen-bond acceptors (Lipinski definition) is 3. The second-order valence-electron chi connectivity index (χ2n) is 5.76. The Bertz CT molecular complexity index is 655. The van der Waals surface area contributed by atoms with Gasteiger partial charge in [0, 0.05) is 4.90 Å². The zero-order valence-corrected chi connectivity index (χ0v) is 14.0. The fourth-order valence-corrected chi connectivity index (χ4v) is 3.37. The molecule has 1 fully saturated rings. The summed E-state index contributed by atoms with van der Waals surface area (Å²) in [7, 11) is 1.65. The second-order valence-corrected chi connectivity index (χ2v) is 6.81. The zero-order valence-electron chi connectivity index (χ0n) is 13.2. The molecule has 1 amide bonds. The lowest BCUT2D eigenvalue weighted by atomic mass is 10.0. The predicted octanol–water partition coefficient (Wildman–Crippen LogP) is 4.05. The number of amides is 1. The standard InChI is InChI=1S/C19H21NO2S/c1-22-16-8-5-9-17(12-16)23-13-18(21)20-19(15-10-11-15)14-6-3-2-4-7-14/h2-9,12,15,19H,10-11,13H2,1H3,(H,20,21). The molecule has 1 unspecified atom stereocenters. The average Bonchev–Trinajstić information content (AvgIpc) is 3.44. The van der Waals surface area contributed by atoms with Gasteiger partial charge in [-0.3, -0.25) is 4.79 Å². The molecule has 0 spiro atoms. The molecule has 0 bridgehead atoms. The van der Waals surface area contributed by atoms with Gasteiger partial charge in [0.15, 0.2) is 0 Å². The molecule has 3 nitrogen and oxygen atoms in total. The third-order valence-corrected chi connectivity index (χ3v) is 4.97. The molecule has 0 aliphatic heterocycles. The Kier molecular flexibility index (Phi) is 5.23. The van der Waals surface area contributed by atoms with Crippen LogP contribution in [0, 0.1) is 5.92 Å². The van der Waals surface area contributed by atoms with Crippen LogP contribution in [0.4, 0.5) is 0 Å². The highest BCUT2D eigenvalue weighted by atomic mass is 32.2. The number of thioether (sulfide) groups is 1. The van der Waals surface area contributed by atoms with Gasteiger partial charge in [-0.1, -0.05) is 36.4 Å². The van der Waals surface area contributed by atoms with Crippen LogP contribution in [0.1, 0.15) is 24.4 Å². The Morgan fingerprint density at radius 1 is 1.22 bits per heavy atom. The fraction of sp³-hybridized carbons (Fsp3) is 0.316.